The highest BCUT2D eigenvalue weighted by molar-refractivity contribution is 8.00. The highest BCUT2D eigenvalue weighted by Gasteiger charge is 2.32. The number of hydrogen-bond acceptors (Lipinski definition) is 6. The van der Waals surface area contributed by atoms with Gasteiger partial charge in [0.1, 0.15) is 11.9 Å². The molecule has 4 rings (SSSR count). The minimum Gasteiger partial charge on any atom is -0.343 e. The molecule has 0 bridgehead atoms. The third kappa shape index (κ3) is 4.57. The van der Waals surface area contributed by atoms with Crippen molar-refractivity contribution in [1.29, 1.82) is 0 Å². The summed E-state index contributed by atoms with van der Waals surface area (Å²) in [6.45, 7) is 0. The molecule has 2 atom stereocenters. The Morgan fingerprint density at radius 3 is 2.93 bits per heavy atom. The van der Waals surface area contributed by atoms with E-state index in [9.17, 15) is 14.0 Å². The SMILES string of the molecule is CSc1nc2ccc(NC(=O)[C@H]3CS[C@@H](Cc4ccccc4F)C(=O)N3)cc2s1. The summed E-state index contributed by atoms with van der Waals surface area (Å²) in [7, 11) is 0. The first-order valence-corrected chi connectivity index (χ1v) is 12.0. The van der Waals surface area contributed by atoms with Gasteiger partial charge in [-0.25, -0.2) is 9.37 Å². The molecule has 2 heterocycles. The van der Waals surface area contributed by atoms with Crippen LogP contribution in [0.4, 0.5) is 10.1 Å². The van der Waals surface area contributed by atoms with Gasteiger partial charge in [-0.05, 0) is 42.5 Å². The maximum atomic E-state index is 13.8. The van der Waals surface area contributed by atoms with Crippen LogP contribution in [0.1, 0.15) is 5.56 Å². The second kappa shape index (κ2) is 8.73. The summed E-state index contributed by atoms with van der Waals surface area (Å²) in [4.78, 5) is 29.5. The zero-order chi connectivity index (χ0) is 20.4. The van der Waals surface area contributed by atoms with Gasteiger partial charge in [-0.2, -0.15) is 0 Å². The number of nitrogens with zero attached hydrogens (tertiary/aromatic N) is 1. The number of fused-ring (bicyclic) bond motifs is 1. The van der Waals surface area contributed by atoms with Gasteiger partial charge >= 0.3 is 0 Å². The Morgan fingerprint density at radius 2 is 2.17 bits per heavy atom. The minimum absolute atomic E-state index is 0.243. The fourth-order valence-corrected chi connectivity index (χ4v) is 5.75. The molecular formula is C20H18FN3O2S3. The molecule has 1 saturated heterocycles. The molecule has 150 valence electrons. The lowest BCUT2D eigenvalue weighted by molar-refractivity contribution is -0.126. The van der Waals surface area contributed by atoms with Crippen LogP contribution in [0.25, 0.3) is 10.2 Å². The molecule has 0 radical (unpaired) electrons. The number of thiazole rings is 1. The molecule has 1 aromatic heterocycles. The Morgan fingerprint density at radius 1 is 1.34 bits per heavy atom. The molecule has 2 amide bonds. The molecular weight excluding hydrogens is 429 g/mol. The van der Waals surface area contributed by atoms with Gasteiger partial charge in [0.2, 0.25) is 11.8 Å². The maximum Gasteiger partial charge on any atom is 0.247 e. The van der Waals surface area contributed by atoms with Gasteiger partial charge in [0.15, 0.2) is 4.34 Å². The molecule has 2 N–H and O–H groups in total. The molecule has 9 heteroatoms. The number of thioether (sulfide) groups is 2. The Labute approximate surface area is 179 Å². The number of aromatic nitrogens is 1. The van der Waals surface area contributed by atoms with Crippen molar-refractivity contribution in [2.75, 3.05) is 17.3 Å². The smallest absolute Gasteiger partial charge is 0.247 e. The Hall–Kier alpha value is -2.10. The number of halogens is 1. The molecule has 1 aliphatic rings. The summed E-state index contributed by atoms with van der Waals surface area (Å²) in [6.07, 6.45) is 2.28. The molecule has 5 nitrogen and oxygen atoms in total. The first-order chi connectivity index (χ1) is 14.0. The summed E-state index contributed by atoms with van der Waals surface area (Å²) >= 11 is 4.54. The molecule has 1 fully saturated rings. The predicted octanol–water partition coefficient (Wildman–Crippen LogP) is 3.94. The summed E-state index contributed by atoms with van der Waals surface area (Å²) in [6, 6.07) is 11.4. The van der Waals surface area contributed by atoms with Crippen LogP contribution in [0.5, 0.6) is 0 Å². The maximum absolute atomic E-state index is 13.8. The van der Waals surface area contributed by atoms with Crippen molar-refractivity contribution in [2.24, 2.45) is 0 Å². The van der Waals surface area contributed by atoms with Gasteiger partial charge < -0.3 is 10.6 Å². The fourth-order valence-electron chi connectivity index (χ4n) is 3.05. The Balaban J connectivity index is 1.38. The monoisotopic (exact) mass is 447 g/mol. The van der Waals surface area contributed by atoms with E-state index < -0.39 is 11.3 Å². The molecule has 29 heavy (non-hydrogen) atoms. The van der Waals surface area contributed by atoms with Crippen LogP contribution in [0, 0.1) is 5.82 Å². The number of carbonyl (C=O) groups excluding carboxylic acids is 2. The number of anilines is 1. The van der Waals surface area contributed by atoms with E-state index in [4.69, 9.17) is 0 Å². The van der Waals surface area contributed by atoms with E-state index in [0.717, 1.165) is 14.6 Å². The van der Waals surface area contributed by atoms with Crippen LogP contribution in [0.3, 0.4) is 0 Å². The third-order valence-corrected chi connectivity index (χ3v) is 7.88. The molecule has 3 aromatic rings. The molecule has 0 unspecified atom stereocenters. The van der Waals surface area contributed by atoms with Crippen LogP contribution in [0.2, 0.25) is 0 Å². The third-order valence-electron chi connectivity index (χ3n) is 4.56. The molecule has 0 spiro atoms. The molecule has 0 aliphatic carbocycles. The zero-order valence-corrected chi connectivity index (χ0v) is 17.9. The van der Waals surface area contributed by atoms with Gasteiger partial charge in [-0.3, -0.25) is 9.59 Å². The van der Waals surface area contributed by atoms with Crippen LogP contribution in [-0.2, 0) is 16.0 Å². The number of amides is 2. The highest BCUT2D eigenvalue weighted by Crippen LogP contribution is 2.30. The van der Waals surface area contributed by atoms with E-state index in [1.54, 1.807) is 41.3 Å². The zero-order valence-electron chi connectivity index (χ0n) is 15.5. The van der Waals surface area contributed by atoms with E-state index in [2.05, 4.69) is 15.6 Å². The van der Waals surface area contributed by atoms with Crippen molar-refractivity contribution >= 4 is 62.6 Å². The summed E-state index contributed by atoms with van der Waals surface area (Å²) in [5, 5.41) is 5.23. The number of rotatable bonds is 5. The van der Waals surface area contributed by atoms with Crippen molar-refractivity contribution in [3.05, 3.63) is 53.8 Å². The van der Waals surface area contributed by atoms with E-state index in [1.807, 2.05) is 24.5 Å². The van der Waals surface area contributed by atoms with Gasteiger partial charge in [-0.15, -0.1) is 23.1 Å². The van der Waals surface area contributed by atoms with Crippen LogP contribution in [-0.4, -0.2) is 40.1 Å². The Kier molecular flexibility index (Phi) is 6.07. The lowest BCUT2D eigenvalue weighted by Crippen LogP contribution is -2.52. The predicted molar refractivity (Wildman–Crippen MR) is 118 cm³/mol. The second-order valence-electron chi connectivity index (χ2n) is 6.53. The van der Waals surface area contributed by atoms with Crippen LogP contribution in [0.15, 0.2) is 46.8 Å². The Bertz CT molecular complexity index is 1070. The van der Waals surface area contributed by atoms with Crippen molar-refractivity contribution < 1.29 is 14.0 Å². The normalized spacial score (nSPS) is 19.2. The van der Waals surface area contributed by atoms with Crippen molar-refractivity contribution in [3.63, 3.8) is 0 Å². The average molecular weight is 448 g/mol. The average Bonchev–Trinajstić information content (AvgIpc) is 3.13. The van der Waals surface area contributed by atoms with Crippen molar-refractivity contribution in [2.45, 2.75) is 22.1 Å². The standard InChI is InChI=1S/C20H18FN3O2S3/c1-27-20-24-14-7-6-12(9-16(14)29-20)22-18(25)15-10-28-17(19(26)23-15)8-11-4-2-3-5-13(11)21/h2-7,9,15,17H,8,10H2,1H3,(H,22,25)(H,23,26)/t15-,17+/m1/s1. The van der Waals surface area contributed by atoms with E-state index >= 15 is 0 Å². The summed E-state index contributed by atoms with van der Waals surface area (Å²) < 4.78 is 15.8. The summed E-state index contributed by atoms with van der Waals surface area (Å²) in [5.41, 5.74) is 2.08. The van der Waals surface area contributed by atoms with E-state index in [1.165, 1.54) is 17.8 Å². The number of carbonyl (C=O) groups is 2. The van der Waals surface area contributed by atoms with Crippen molar-refractivity contribution in [1.82, 2.24) is 10.3 Å². The van der Waals surface area contributed by atoms with Crippen LogP contribution < -0.4 is 10.6 Å². The summed E-state index contributed by atoms with van der Waals surface area (Å²) in [5.74, 6) is -0.379. The molecule has 0 saturated carbocycles. The van der Waals surface area contributed by atoms with E-state index in [-0.39, 0.29) is 17.6 Å². The molecule has 1 aliphatic heterocycles. The van der Waals surface area contributed by atoms with Gasteiger partial charge in [0, 0.05) is 11.4 Å². The lowest BCUT2D eigenvalue weighted by Gasteiger charge is -2.28. The lowest BCUT2D eigenvalue weighted by atomic mass is 10.1. The largest absolute Gasteiger partial charge is 0.343 e. The van der Waals surface area contributed by atoms with Gasteiger partial charge in [-0.1, -0.05) is 30.0 Å². The van der Waals surface area contributed by atoms with Gasteiger partial charge in [0.25, 0.3) is 0 Å². The highest BCUT2D eigenvalue weighted by atomic mass is 32.2. The number of benzene rings is 2. The second-order valence-corrected chi connectivity index (χ2v) is 9.85. The quantitative estimate of drug-likeness (QED) is 0.580. The fraction of sp³-hybridized carbons (Fsp3) is 0.250. The molecule has 2 aromatic carbocycles. The number of hydrogen-bond donors (Lipinski definition) is 2. The van der Waals surface area contributed by atoms with Crippen LogP contribution >= 0.6 is 34.9 Å². The van der Waals surface area contributed by atoms with Crippen molar-refractivity contribution in [3.8, 4) is 0 Å². The minimum atomic E-state index is -0.622. The first-order valence-electron chi connectivity index (χ1n) is 8.94. The van der Waals surface area contributed by atoms with Gasteiger partial charge in [0.05, 0.1) is 15.5 Å². The van der Waals surface area contributed by atoms with E-state index in [0.29, 0.717) is 23.4 Å². The topological polar surface area (TPSA) is 71.1 Å². The first kappa shape index (κ1) is 20.2. The number of nitrogens with one attached hydrogen (secondary N) is 2.